The van der Waals surface area contributed by atoms with Crippen LogP contribution in [0.15, 0.2) is 30.3 Å². The molecular weight excluding hydrogens is 429 g/mol. The molecule has 0 aliphatic heterocycles. The van der Waals surface area contributed by atoms with E-state index in [9.17, 15) is 4.79 Å². The quantitative estimate of drug-likeness (QED) is 0.404. The Morgan fingerprint density at radius 3 is 2.26 bits per heavy atom. The highest BCUT2D eigenvalue weighted by atomic mass is 35.5. The number of halogens is 2. The number of rotatable bonds is 4. The molecule has 0 radical (unpaired) electrons. The van der Waals surface area contributed by atoms with Crippen LogP contribution >= 0.6 is 23.2 Å². The zero-order valence-electron chi connectivity index (χ0n) is 19.6. The highest BCUT2D eigenvalue weighted by Gasteiger charge is 2.38. The van der Waals surface area contributed by atoms with E-state index < -0.39 is 5.54 Å². The molecule has 0 saturated carbocycles. The van der Waals surface area contributed by atoms with Gasteiger partial charge in [-0.25, -0.2) is 4.98 Å². The van der Waals surface area contributed by atoms with Crippen molar-refractivity contribution in [2.75, 3.05) is 4.90 Å². The van der Waals surface area contributed by atoms with E-state index in [0.717, 1.165) is 34.7 Å². The van der Waals surface area contributed by atoms with Crippen LogP contribution in [0.4, 0.5) is 5.82 Å². The van der Waals surface area contributed by atoms with Crippen molar-refractivity contribution >= 4 is 40.6 Å². The van der Waals surface area contributed by atoms with Crippen molar-refractivity contribution in [3.05, 3.63) is 51.6 Å². The predicted octanol–water partition coefficient (Wildman–Crippen LogP) is 7.49. The Hall–Kier alpha value is -2.04. The Labute approximate surface area is 195 Å². The molecule has 31 heavy (non-hydrogen) atoms. The number of fused-ring (bicyclic) bond motifs is 1. The molecule has 166 valence electrons. The second kappa shape index (κ2) is 8.14. The maximum Gasteiger partial charge on any atom is 0.225 e. The van der Waals surface area contributed by atoms with Crippen molar-refractivity contribution < 1.29 is 4.79 Å². The molecule has 0 unspecified atom stereocenters. The lowest BCUT2D eigenvalue weighted by Gasteiger charge is -2.42. The Morgan fingerprint density at radius 1 is 1.06 bits per heavy atom. The molecule has 1 amide bonds. The molecule has 3 rings (SSSR count). The van der Waals surface area contributed by atoms with Crippen LogP contribution in [-0.4, -0.2) is 20.8 Å². The lowest BCUT2D eigenvalue weighted by molar-refractivity contribution is -0.117. The van der Waals surface area contributed by atoms with Gasteiger partial charge in [-0.2, -0.15) is 0 Å². The minimum Gasteiger partial charge on any atom is -0.291 e. The van der Waals surface area contributed by atoms with Gasteiger partial charge in [-0.05, 0) is 75.4 Å². The third kappa shape index (κ3) is 4.75. The Bertz CT molecular complexity index is 1160. The summed E-state index contributed by atoms with van der Waals surface area (Å²) in [6, 6.07) is 9.50. The fraction of sp³-hybridized carbons (Fsp3) is 0.440. The number of carbonyl (C=O) groups excluding carboxylic acids is 1. The van der Waals surface area contributed by atoms with Crippen LogP contribution < -0.4 is 4.90 Å². The molecular formula is C25H31Cl2N3O. The van der Waals surface area contributed by atoms with Crippen LogP contribution in [0.25, 0.3) is 16.9 Å². The molecule has 2 heterocycles. The Balaban J connectivity index is 2.41. The normalized spacial score (nSPS) is 12.5. The first kappa shape index (κ1) is 23.6. The summed E-state index contributed by atoms with van der Waals surface area (Å²) < 4.78 is 2.05. The van der Waals surface area contributed by atoms with Crippen molar-refractivity contribution in [2.45, 2.75) is 67.3 Å². The summed E-state index contributed by atoms with van der Waals surface area (Å²) in [6.45, 7) is 16.5. The average Bonchev–Trinajstić information content (AvgIpc) is 2.90. The van der Waals surface area contributed by atoms with Gasteiger partial charge < -0.3 is 0 Å². The number of anilines is 1. The number of pyridine rings is 1. The molecule has 0 atom stereocenters. The van der Waals surface area contributed by atoms with Crippen LogP contribution in [0.3, 0.4) is 0 Å². The molecule has 0 N–H and O–H groups in total. The highest BCUT2D eigenvalue weighted by Crippen LogP contribution is 2.42. The number of nitrogens with zero attached hydrogens (tertiary/aromatic N) is 3. The first-order valence-corrected chi connectivity index (χ1v) is 11.2. The van der Waals surface area contributed by atoms with Crippen molar-refractivity contribution in [2.24, 2.45) is 5.41 Å². The van der Waals surface area contributed by atoms with E-state index in [1.807, 2.05) is 30.9 Å². The summed E-state index contributed by atoms with van der Waals surface area (Å²) in [5, 5.41) is 1.06. The SMILES string of the molecule is CC(=O)N(c1c(-c2ccc(Cl)cc2Cl)nc2cc(C)cc(C)n12)C(C)(C)CC(C)(C)C. The van der Waals surface area contributed by atoms with Gasteiger partial charge in [0.1, 0.15) is 17.2 Å². The molecule has 0 aliphatic carbocycles. The largest absolute Gasteiger partial charge is 0.291 e. The third-order valence-electron chi connectivity index (χ3n) is 5.31. The summed E-state index contributed by atoms with van der Waals surface area (Å²) in [5.74, 6) is 0.695. The van der Waals surface area contributed by atoms with Crippen LogP contribution in [0, 0.1) is 19.3 Å². The molecule has 6 heteroatoms. The van der Waals surface area contributed by atoms with Gasteiger partial charge in [0.15, 0.2) is 0 Å². The molecule has 3 aromatic rings. The summed E-state index contributed by atoms with van der Waals surface area (Å²) in [7, 11) is 0. The predicted molar refractivity (Wildman–Crippen MR) is 131 cm³/mol. The van der Waals surface area contributed by atoms with Crippen molar-refractivity contribution in [1.29, 1.82) is 0 Å². The fourth-order valence-corrected chi connectivity index (χ4v) is 5.32. The van der Waals surface area contributed by atoms with E-state index in [0.29, 0.717) is 15.7 Å². The minimum absolute atomic E-state index is 0.0292. The summed E-state index contributed by atoms with van der Waals surface area (Å²) in [6.07, 6.45) is 0.811. The zero-order chi connectivity index (χ0) is 23.3. The molecule has 4 nitrogen and oxygen atoms in total. The number of carbonyl (C=O) groups is 1. The Kier molecular flexibility index (Phi) is 6.20. The number of hydrogen-bond donors (Lipinski definition) is 0. The van der Waals surface area contributed by atoms with Crippen molar-refractivity contribution in [1.82, 2.24) is 9.38 Å². The summed E-state index contributed by atoms with van der Waals surface area (Å²) in [5.41, 5.74) is 3.90. The molecule has 1 aromatic carbocycles. The summed E-state index contributed by atoms with van der Waals surface area (Å²) >= 11 is 12.8. The monoisotopic (exact) mass is 459 g/mol. The highest BCUT2D eigenvalue weighted by molar-refractivity contribution is 6.36. The maximum absolute atomic E-state index is 13.2. The summed E-state index contributed by atoms with van der Waals surface area (Å²) in [4.78, 5) is 20.0. The number of imidazole rings is 1. The van der Waals surface area contributed by atoms with Crippen LogP contribution in [-0.2, 0) is 4.79 Å². The number of aromatic nitrogens is 2. The third-order valence-corrected chi connectivity index (χ3v) is 5.85. The van der Waals surface area contributed by atoms with Crippen LogP contribution in [0.1, 0.15) is 59.2 Å². The van der Waals surface area contributed by atoms with E-state index in [2.05, 4.69) is 45.1 Å². The minimum atomic E-state index is -0.453. The number of amides is 1. The first-order chi connectivity index (χ1) is 14.2. The standard InChI is InChI=1S/C25H31Cl2N3O/c1-15-11-16(2)29-21(12-15)28-22(19-10-9-18(26)13-20(19)27)23(29)30(17(3)31)25(7,8)14-24(4,5)6/h9-13H,14H2,1-8H3. The zero-order valence-corrected chi connectivity index (χ0v) is 21.1. The number of benzene rings is 1. The molecule has 0 spiro atoms. The van der Waals surface area contributed by atoms with E-state index in [4.69, 9.17) is 28.2 Å². The van der Waals surface area contributed by atoms with Gasteiger partial charge in [0, 0.05) is 28.7 Å². The van der Waals surface area contributed by atoms with Crippen LogP contribution in [0.2, 0.25) is 10.0 Å². The van der Waals surface area contributed by atoms with Gasteiger partial charge >= 0.3 is 0 Å². The van der Waals surface area contributed by atoms with Gasteiger partial charge in [0.05, 0.1) is 5.02 Å². The van der Waals surface area contributed by atoms with Gasteiger partial charge in [-0.15, -0.1) is 0 Å². The topological polar surface area (TPSA) is 37.6 Å². The second-order valence-corrected chi connectivity index (χ2v) is 11.0. The van der Waals surface area contributed by atoms with E-state index in [1.165, 1.54) is 0 Å². The first-order valence-electron chi connectivity index (χ1n) is 10.5. The lowest BCUT2D eigenvalue weighted by atomic mass is 9.80. The Morgan fingerprint density at radius 2 is 1.71 bits per heavy atom. The smallest absolute Gasteiger partial charge is 0.225 e. The second-order valence-electron chi connectivity index (χ2n) is 10.2. The number of aryl methyl sites for hydroxylation is 2. The molecule has 0 aliphatic rings. The van der Waals surface area contributed by atoms with Crippen molar-refractivity contribution in [3.8, 4) is 11.3 Å². The van der Waals surface area contributed by atoms with Crippen LogP contribution in [0.5, 0.6) is 0 Å². The fourth-order valence-electron chi connectivity index (χ4n) is 4.82. The average molecular weight is 460 g/mol. The van der Waals surface area contributed by atoms with E-state index >= 15 is 0 Å². The molecule has 0 fully saturated rings. The van der Waals surface area contributed by atoms with Gasteiger partial charge in [0.2, 0.25) is 5.91 Å². The van der Waals surface area contributed by atoms with E-state index in [1.54, 1.807) is 19.1 Å². The van der Waals surface area contributed by atoms with Gasteiger partial charge in [-0.1, -0.05) is 44.0 Å². The van der Waals surface area contributed by atoms with E-state index in [-0.39, 0.29) is 11.3 Å². The molecule has 2 aromatic heterocycles. The van der Waals surface area contributed by atoms with Gasteiger partial charge in [-0.3, -0.25) is 14.1 Å². The lowest BCUT2D eigenvalue weighted by Crippen LogP contribution is -2.50. The number of hydrogen-bond acceptors (Lipinski definition) is 2. The molecule has 0 bridgehead atoms. The molecule has 0 saturated heterocycles. The van der Waals surface area contributed by atoms with Gasteiger partial charge in [0.25, 0.3) is 0 Å². The maximum atomic E-state index is 13.2. The van der Waals surface area contributed by atoms with Crippen molar-refractivity contribution in [3.63, 3.8) is 0 Å².